The first-order valence-corrected chi connectivity index (χ1v) is 6.75. The summed E-state index contributed by atoms with van der Waals surface area (Å²) < 4.78 is 18.1. The quantitative estimate of drug-likeness (QED) is 0.844. The Kier molecular flexibility index (Phi) is 4.19. The van der Waals surface area contributed by atoms with Crippen LogP contribution in [0.3, 0.4) is 0 Å². The van der Waals surface area contributed by atoms with Crippen molar-refractivity contribution in [3.05, 3.63) is 29.8 Å². The number of nitrogens with zero attached hydrogens (tertiary/aromatic N) is 2. The van der Waals surface area contributed by atoms with Crippen molar-refractivity contribution in [1.82, 2.24) is 10.1 Å². The molecule has 1 N–H and O–H groups in total. The highest BCUT2D eigenvalue weighted by Crippen LogP contribution is 2.28. The van der Waals surface area contributed by atoms with E-state index in [-0.39, 0.29) is 17.2 Å². The minimum absolute atomic E-state index is 0.0761. The predicted molar refractivity (Wildman–Crippen MR) is 67.8 cm³/mol. The second-order valence-electron chi connectivity index (χ2n) is 3.73. The van der Waals surface area contributed by atoms with E-state index in [1.54, 1.807) is 11.8 Å². The van der Waals surface area contributed by atoms with Crippen LogP contribution in [0.4, 0.5) is 4.39 Å². The van der Waals surface area contributed by atoms with Gasteiger partial charge in [0.2, 0.25) is 0 Å². The van der Waals surface area contributed by atoms with Gasteiger partial charge in [-0.1, -0.05) is 12.1 Å². The maximum atomic E-state index is 13.1. The third kappa shape index (κ3) is 3.01. The Morgan fingerprint density at radius 1 is 1.44 bits per heavy atom. The molecule has 2 rings (SSSR count). The zero-order valence-electron chi connectivity index (χ0n) is 9.89. The maximum absolute atomic E-state index is 13.1. The van der Waals surface area contributed by atoms with Gasteiger partial charge >= 0.3 is 0 Å². The summed E-state index contributed by atoms with van der Waals surface area (Å²) in [5, 5.41) is 13.4. The first-order chi connectivity index (χ1) is 8.70. The third-order valence-electron chi connectivity index (χ3n) is 2.24. The Morgan fingerprint density at radius 2 is 2.28 bits per heavy atom. The molecule has 96 valence electrons. The number of hydrogen-bond donors (Lipinski definition) is 1. The number of aromatic nitrogens is 2. The zero-order chi connectivity index (χ0) is 13.0. The minimum Gasteiger partial charge on any atom is -0.507 e. The molecule has 1 aromatic carbocycles. The summed E-state index contributed by atoms with van der Waals surface area (Å²) in [4.78, 5) is 4.13. The summed E-state index contributed by atoms with van der Waals surface area (Å²) in [6, 6.07) is 3.61. The summed E-state index contributed by atoms with van der Waals surface area (Å²) in [7, 11) is 0. The van der Waals surface area contributed by atoms with Crippen LogP contribution in [0.25, 0.3) is 11.5 Å². The average Bonchev–Trinajstić information content (AvgIpc) is 2.81. The SMILES string of the molecule is CCCSCc1noc(-c2cc(F)ccc2O)n1. The van der Waals surface area contributed by atoms with E-state index < -0.39 is 5.82 Å². The van der Waals surface area contributed by atoms with Gasteiger partial charge in [0.1, 0.15) is 11.6 Å². The van der Waals surface area contributed by atoms with Gasteiger partial charge in [0, 0.05) is 0 Å². The van der Waals surface area contributed by atoms with Gasteiger partial charge < -0.3 is 9.63 Å². The molecule has 0 unspecified atom stereocenters. The normalized spacial score (nSPS) is 10.8. The smallest absolute Gasteiger partial charge is 0.261 e. The molecule has 4 nitrogen and oxygen atoms in total. The lowest BCUT2D eigenvalue weighted by atomic mass is 10.2. The lowest BCUT2D eigenvalue weighted by molar-refractivity contribution is 0.419. The topological polar surface area (TPSA) is 59.2 Å². The van der Waals surface area contributed by atoms with E-state index in [0.717, 1.165) is 12.2 Å². The molecule has 0 bridgehead atoms. The van der Waals surface area contributed by atoms with Crippen LogP contribution in [0.2, 0.25) is 0 Å². The summed E-state index contributed by atoms with van der Waals surface area (Å²) in [5.41, 5.74) is 0.217. The molecule has 0 spiro atoms. The number of benzene rings is 1. The van der Waals surface area contributed by atoms with Crippen molar-refractivity contribution in [3.8, 4) is 17.2 Å². The molecule has 0 atom stereocenters. The van der Waals surface area contributed by atoms with Gasteiger partial charge in [-0.25, -0.2) is 4.39 Å². The fraction of sp³-hybridized carbons (Fsp3) is 0.333. The molecular weight excluding hydrogens is 255 g/mol. The fourth-order valence-electron chi connectivity index (χ4n) is 1.41. The van der Waals surface area contributed by atoms with Crippen molar-refractivity contribution < 1.29 is 14.0 Å². The van der Waals surface area contributed by atoms with Gasteiger partial charge in [-0.05, 0) is 30.4 Å². The van der Waals surface area contributed by atoms with Gasteiger partial charge in [-0.15, -0.1) is 0 Å². The maximum Gasteiger partial charge on any atom is 0.261 e. The highest BCUT2D eigenvalue weighted by Gasteiger charge is 2.13. The first kappa shape index (κ1) is 12.9. The average molecular weight is 268 g/mol. The Morgan fingerprint density at radius 3 is 3.06 bits per heavy atom. The van der Waals surface area contributed by atoms with Crippen LogP contribution in [-0.2, 0) is 5.75 Å². The predicted octanol–water partition coefficient (Wildman–Crippen LogP) is 3.22. The Hall–Kier alpha value is -1.56. The van der Waals surface area contributed by atoms with Gasteiger partial charge in [0.25, 0.3) is 5.89 Å². The van der Waals surface area contributed by atoms with E-state index in [0.29, 0.717) is 11.6 Å². The highest BCUT2D eigenvalue weighted by molar-refractivity contribution is 7.98. The molecule has 2 aromatic rings. The number of rotatable bonds is 5. The van der Waals surface area contributed by atoms with Crippen LogP contribution < -0.4 is 0 Å². The third-order valence-corrected chi connectivity index (χ3v) is 3.40. The van der Waals surface area contributed by atoms with Crippen molar-refractivity contribution in [3.63, 3.8) is 0 Å². The van der Waals surface area contributed by atoms with Crippen molar-refractivity contribution in [1.29, 1.82) is 0 Å². The Bertz CT molecular complexity index is 531. The molecule has 0 aliphatic rings. The standard InChI is InChI=1S/C12H13FN2O2S/c1-2-5-18-7-11-14-12(17-15-11)9-6-8(13)3-4-10(9)16/h3-4,6,16H,2,5,7H2,1H3. The molecule has 18 heavy (non-hydrogen) atoms. The van der Waals surface area contributed by atoms with Crippen LogP contribution in [0, 0.1) is 5.82 Å². The number of halogens is 1. The van der Waals surface area contributed by atoms with Gasteiger partial charge in [0.15, 0.2) is 5.82 Å². The molecule has 0 radical (unpaired) electrons. The van der Waals surface area contributed by atoms with Gasteiger partial charge in [-0.2, -0.15) is 16.7 Å². The molecular formula is C12H13FN2O2S. The molecule has 0 fully saturated rings. The number of thioether (sulfide) groups is 1. The zero-order valence-corrected chi connectivity index (χ0v) is 10.7. The van der Waals surface area contributed by atoms with Crippen LogP contribution in [0.15, 0.2) is 22.7 Å². The van der Waals surface area contributed by atoms with E-state index in [2.05, 4.69) is 17.1 Å². The molecule has 0 aliphatic heterocycles. The molecule has 0 saturated carbocycles. The number of aromatic hydroxyl groups is 1. The van der Waals surface area contributed by atoms with Crippen molar-refractivity contribution in [2.75, 3.05) is 5.75 Å². The summed E-state index contributed by atoms with van der Waals surface area (Å²) in [6.07, 6.45) is 1.08. The molecule has 1 heterocycles. The first-order valence-electron chi connectivity index (χ1n) is 5.60. The van der Waals surface area contributed by atoms with E-state index >= 15 is 0 Å². The van der Waals surface area contributed by atoms with E-state index in [9.17, 15) is 9.50 Å². The molecule has 6 heteroatoms. The van der Waals surface area contributed by atoms with Crippen molar-refractivity contribution in [2.45, 2.75) is 19.1 Å². The molecule has 0 aliphatic carbocycles. The second-order valence-corrected chi connectivity index (χ2v) is 4.83. The second kappa shape index (κ2) is 5.86. The Balaban J connectivity index is 2.16. The number of phenols is 1. The molecule has 0 amide bonds. The van der Waals surface area contributed by atoms with Crippen LogP contribution in [-0.4, -0.2) is 21.0 Å². The highest BCUT2D eigenvalue weighted by atomic mass is 32.2. The Labute approximate surface area is 108 Å². The van der Waals surface area contributed by atoms with Gasteiger partial charge in [-0.3, -0.25) is 0 Å². The summed E-state index contributed by atoms with van der Waals surface area (Å²) in [6.45, 7) is 2.10. The van der Waals surface area contributed by atoms with Gasteiger partial charge in [0.05, 0.1) is 11.3 Å². The van der Waals surface area contributed by atoms with E-state index in [1.807, 2.05) is 0 Å². The lowest BCUT2D eigenvalue weighted by Crippen LogP contribution is -1.86. The van der Waals surface area contributed by atoms with Crippen LogP contribution in [0.5, 0.6) is 5.75 Å². The fourth-order valence-corrected chi connectivity index (χ4v) is 2.14. The minimum atomic E-state index is -0.456. The largest absolute Gasteiger partial charge is 0.507 e. The summed E-state index contributed by atoms with van der Waals surface area (Å²) >= 11 is 1.70. The molecule has 0 saturated heterocycles. The van der Waals surface area contributed by atoms with E-state index in [4.69, 9.17) is 4.52 Å². The number of hydrogen-bond acceptors (Lipinski definition) is 5. The monoisotopic (exact) mass is 268 g/mol. The van der Waals surface area contributed by atoms with Crippen molar-refractivity contribution in [2.24, 2.45) is 0 Å². The summed E-state index contributed by atoms with van der Waals surface area (Å²) in [5.74, 6) is 1.82. The molecule has 1 aromatic heterocycles. The van der Waals surface area contributed by atoms with Crippen LogP contribution in [0.1, 0.15) is 19.2 Å². The van der Waals surface area contributed by atoms with E-state index in [1.165, 1.54) is 18.2 Å². The number of phenolic OH excluding ortho intramolecular Hbond substituents is 1. The lowest BCUT2D eigenvalue weighted by Gasteiger charge is -1.98. The van der Waals surface area contributed by atoms with Crippen LogP contribution >= 0.6 is 11.8 Å². The van der Waals surface area contributed by atoms with Crippen molar-refractivity contribution >= 4 is 11.8 Å².